The molecule has 0 amide bonds. The lowest BCUT2D eigenvalue weighted by Crippen LogP contribution is -2.17. The summed E-state index contributed by atoms with van der Waals surface area (Å²) in [7, 11) is -0.204. The third-order valence-corrected chi connectivity index (χ3v) is 6.92. The highest BCUT2D eigenvalue weighted by Crippen LogP contribution is 2.32. The Labute approximate surface area is 170 Å². The van der Waals surface area contributed by atoms with Crippen LogP contribution in [0.4, 0.5) is 0 Å². The molecule has 0 saturated carbocycles. The van der Waals surface area contributed by atoms with Crippen molar-refractivity contribution in [2.24, 2.45) is 0 Å². The van der Waals surface area contributed by atoms with E-state index in [-0.39, 0.29) is 20.8 Å². The maximum Gasteiger partial charge on any atom is 0.328 e. The number of carbonyl (C=O) groups is 1. The molecule has 26 heavy (non-hydrogen) atoms. The van der Waals surface area contributed by atoms with E-state index in [1.807, 2.05) is 59.0 Å². The monoisotopic (exact) mass is 473 g/mol. The van der Waals surface area contributed by atoms with Gasteiger partial charge in [0.15, 0.2) is 14.7 Å². The molecule has 0 fully saturated rings. The number of alkyl halides is 1. The summed E-state index contributed by atoms with van der Waals surface area (Å²) >= 11 is 2.00. The number of carbonyl (C=O) groups excluding carboxylic acids is 1. The van der Waals surface area contributed by atoms with Crippen LogP contribution in [-0.4, -0.2) is 9.89 Å². The van der Waals surface area contributed by atoms with E-state index in [9.17, 15) is 4.79 Å². The molecule has 3 rings (SSSR count). The van der Waals surface area contributed by atoms with Gasteiger partial charge in [-0.2, -0.15) is 0 Å². The molecule has 1 atom stereocenters. The van der Waals surface area contributed by atoms with Crippen molar-refractivity contribution >= 4 is 39.5 Å². The summed E-state index contributed by atoms with van der Waals surface area (Å²) in [5.74, 6) is 0.241. The third-order valence-electron chi connectivity index (χ3n) is 3.67. The Kier molecular flexibility index (Phi) is 6.52. The van der Waals surface area contributed by atoms with Gasteiger partial charge in [0, 0.05) is 0 Å². The molecular weight excluding hydrogens is 455 g/mol. The summed E-state index contributed by atoms with van der Waals surface area (Å²) in [6.07, 6.45) is 1.57. The molecule has 2 nitrogen and oxygen atoms in total. The number of hydrogen-bond acceptors (Lipinski definition) is 2. The fourth-order valence-electron chi connectivity index (χ4n) is 2.43. The average molecular weight is 473 g/mol. The zero-order valence-corrected chi connectivity index (χ0v) is 17.0. The Morgan fingerprint density at radius 3 is 1.77 bits per heavy atom. The quantitative estimate of drug-likeness (QED) is 0.115. The van der Waals surface area contributed by atoms with Gasteiger partial charge in [0.1, 0.15) is 9.67 Å². The van der Waals surface area contributed by atoms with Gasteiger partial charge in [-0.1, -0.05) is 65.1 Å². The van der Waals surface area contributed by atoms with E-state index >= 15 is 0 Å². The van der Waals surface area contributed by atoms with Crippen LogP contribution >= 0.6 is 22.6 Å². The molecule has 1 unspecified atom stereocenters. The standard InChI is InChI=1S/C22H18IO2S/c1-2-21(23)22(24)25-17-13-15-20(16-14-17)26(18-9-5-3-6-10-18)19-11-7-4-8-12-19/h2-16,21H,1H2/q+1. The maximum atomic E-state index is 11.9. The Morgan fingerprint density at radius 2 is 1.31 bits per heavy atom. The van der Waals surface area contributed by atoms with Crippen LogP contribution in [0.25, 0.3) is 0 Å². The van der Waals surface area contributed by atoms with Gasteiger partial charge in [0.05, 0.1) is 10.9 Å². The molecular formula is C22H18IO2S+. The number of benzene rings is 3. The van der Waals surface area contributed by atoms with Gasteiger partial charge in [0.25, 0.3) is 0 Å². The molecule has 130 valence electrons. The average Bonchev–Trinajstić information content (AvgIpc) is 2.70. The molecule has 4 heteroatoms. The third kappa shape index (κ3) is 4.56. The number of ether oxygens (including phenoxy) is 1. The molecule has 0 saturated heterocycles. The van der Waals surface area contributed by atoms with Crippen LogP contribution in [-0.2, 0) is 15.7 Å². The molecule has 0 radical (unpaired) electrons. The van der Waals surface area contributed by atoms with Crippen LogP contribution in [0, 0.1) is 0 Å². The maximum absolute atomic E-state index is 11.9. The van der Waals surface area contributed by atoms with Crippen molar-refractivity contribution < 1.29 is 9.53 Å². The summed E-state index contributed by atoms with van der Waals surface area (Å²) in [6.45, 7) is 3.62. The molecule has 3 aromatic carbocycles. The number of rotatable bonds is 6. The second kappa shape index (κ2) is 9.05. The number of halogens is 1. The Bertz CT molecular complexity index is 824. The van der Waals surface area contributed by atoms with Crippen LogP contribution in [0.1, 0.15) is 0 Å². The number of esters is 1. The lowest BCUT2D eigenvalue weighted by atomic mass is 10.3. The Balaban J connectivity index is 1.91. The molecule has 0 N–H and O–H groups in total. The van der Waals surface area contributed by atoms with Gasteiger partial charge >= 0.3 is 5.97 Å². The largest absolute Gasteiger partial charge is 0.426 e. The molecule has 0 bridgehead atoms. The summed E-state index contributed by atoms with van der Waals surface area (Å²) in [5, 5.41) is 0. The minimum atomic E-state index is -0.351. The van der Waals surface area contributed by atoms with Gasteiger partial charge in [-0.15, -0.1) is 6.58 Å². The van der Waals surface area contributed by atoms with Gasteiger partial charge in [0.2, 0.25) is 0 Å². The summed E-state index contributed by atoms with van der Waals surface area (Å²) in [4.78, 5) is 15.6. The summed E-state index contributed by atoms with van der Waals surface area (Å²) in [6, 6.07) is 28.6. The summed E-state index contributed by atoms with van der Waals surface area (Å²) < 4.78 is 5.05. The van der Waals surface area contributed by atoms with Crippen LogP contribution in [0.5, 0.6) is 5.75 Å². The molecule has 0 aliphatic rings. The molecule has 0 spiro atoms. The van der Waals surface area contributed by atoms with Crippen molar-refractivity contribution in [2.45, 2.75) is 18.6 Å². The Morgan fingerprint density at radius 1 is 0.846 bits per heavy atom. The zero-order chi connectivity index (χ0) is 18.4. The predicted octanol–water partition coefficient (Wildman–Crippen LogP) is 5.68. The smallest absolute Gasteiger partial charge is 0.328 e. The van der Waals surface area contributed by atoms with E-state index in [0.29, 0.717) is 5.75 Å². The zero-order valence-electron chi connectivity index (χ0n) is 14.0. The first kappa shape index (κ1) is 18.7. The van der Waals surface area contributed by atoms with E-state index in [2.05, 4.69) is 55.1 Å². The highest BCUT2D eigenvalue weighted by atomic mass is 127. The molecule has 0 aromatic heterocycles. The topological polar surface area (TPSA) is 26.3 Å². The van der Waals surface area contributed by atoms with Crippen molar-refractivity contribution in [3.8, 4) is 5.75 Å². The first-order valence-corrected chi connectivity index (χ1v) is 10.6. The second-order valence-electron chi connectivity index (χ2n) is 5.46. The van der Waals surface area contributed by atoms with Gasteiger partial charge in [-0.05, 0) is 48.5 Å². The van der Waals surface area contributed by atoms with Crippen molar-refractivity contribution in [2.75, 3.05) is 0 Å². The molecule has 0 aliphatic carbocycles. The first-order chi connectivity index (χ1) is 12.7. The second-order valence-corrected chi connectivity index (χ2v) is 8.83. The van der Waals surface area contributed by atoms with Crippen molar-refractivity contribution in [1.82, 2.24) is 0 Å². The lowest BCUT2D eigenvalue weighted by Gasteiger charge is -2.09. The fourth-order valence-corrected chi connectivity index (χ4v) is 4.64. The van der Waals surface area contributed by atoms with Crippen LogP contribution in [0.3, 0.4) is 0 Å². The van der Waals surface area contributed by atoms with E-state index in [4.69, 9.17) is 4.74 Å². The van der Waals surface area contributed by atoms with Gasteiger partial charge in [-0.3, -0.25) is 4.79 Å². The van der Waals surface area contributed by atoms with Crippen molar-refractivity contribution in [3.05, 3.63) is 97.6 Å². The van der Waals surface area contributed by atoms with E-state index in [1.54, 1.807) is 6.08 Å². The summed E-state index contributed by atoms with van der Waals surface area (Å²) in [5.41, 5.74) is 0. The van der Waals surface area contributed by atoms with Crippen molar-refractivity contribution in [3.63, 3.8) is 0 Å². The normalized spacial score (nSPS) is 11.8. The fraction of sp³-hybridized carbons (Fsp3) is 0.0455. The minimum absolute atomic E-state index is 0.204. The van der Waals surface area contributed by atoms with Crippen LogP contribution in [0.15, 0.2) is 112 Å². The minimum Gasteiger partial charge on any atom is -0.426 e. The highest BCUT2D eigenvalue weighted by Gasteiger charge is 2.28. The highest BCUT2D eigenvalue weighted by molar-refractivity contribution is 14.1. The molecule has 0 heterocycles. The van der Waals surface area contributed by atoms with Crippen molar-refractivity contribution in [1.29, 1.82) is 0 Å². The SMILES string of the molecule is C=CC(I)C(=O)Oc1ccc([S+](c2ccccc2)c2ccccc2)cc1. The number of hydrogen-bond donors (Lipinski definition) is 0. The predicted molar refractivity (Wildman–Crippen MR) is 115 cm³/mol. The molecule has 3 aromatic rings. The van der Waals surface area contributed by atoms with E-state index < -0.39 is 0 Å². The van der Waals surface area contributed by atoms with E-state index in [1.165, 1.54) is 14.7 Å². The van der Waals surface area contributed by atoms with Gasteiger partial charge < -0.3 is 4.74 Å². The van der Waals surface area contributed by atoms with Crippen LogP contribution in [0.2, 0.25) is 0 Å². The van der Waals surface area contributed by atoms with E-state index in [0.717, 1.165) is 0 Å². The van der Waals surface area contributed by atoms with Gasteiger partial charge in [-0.25, -0.2) is 0 Å². The Hall–Kier alpha value is -2.05. The lowest BCUT2D eigenvalue weighted by molar-refractivity contribution is -0.132. The first-order valence-electron chi connectivity index (χ1n) is 8.12. The van der Waals surface area contributed by atoms with Crippen LogP contribution < -0.4 is 4.74 Å². The molecule has 0 aliphatic heterocycles.